The summed E-state index contributed by atoms with van der Waals surface area (Å²) in [5.41, 5.74) is 1.69. The number of hydrogen-bond acceptors (Lipinski definition) is 4. The van der Waals surface area contributed by atoms with Gasteiger partial charge in [0.05, 0.1) is 13.1 Å². The largest absolute Gasteiger partial charge is 0.466 e. The maximum atomic E-state index is 12.1. The highest BCUT2D eigenvalue weighted by Crippen LogP contribution is 2.26. The van der Waals surface area contributed by atoms with E-state index >= 15 is 0 Å². The SMILES string of the molecule is CCNC(=NCc1ccc(N2CCCCC2=O)cc1)NCC(C)(O)c1cc(C)oc1C. The molecule has 0 radical (unpaired) electrons. The summed E-state index contributed by atoms with van der Waals surface area (Å²) in [6.07, 6.45) is 2.66. The second-order valence-electron chi connectivity index (χ2n) is 8.32. The molecule has 7 heteroatoms. The van der Waals surface area contributed by atoms with E-state index in [-0.39, 0.29) is 5.91 Å². The third kappa shape index (κ3) is 5.88. The summed E-state index contributed by atoms with van der Waals surface area (Å²) in [5.74, 6) is 2.34. The van der Waals surface area contributed by atoms with Crippen LogP contribution in [-0.4, -0.2) is 36.6 Å². The van der Waals surface area contributed by atoms with E-state index in [1.807, 2.05) is 56.0 Å². The van der Waals surface area contributed by atoms with Crippen LogP contribution in [0.2, 0.25) is 0 Å². The molecule has 7 nitrogen and oxygen atoms in total. The average molecular weight is 427 g/mol. The Bertz CT molecular complexity index is 915. The van der Waals surface area contributed by atoms with Crippen LogP contribution in [-0.2, 0) is 16.9 Å². The molecule has 0 aliphatic carbocycles. The molecule has 1 aromatic heterocycles. The number of aryl methyl sites for hydroxylation is 2. The number of piperidine rings is 1. The van der Waals surface area contributed by atoms with E-state index in [9.17, 15) is 9.90 Å². The Balaban J connectivity index is 1.62. The number of nitrogens with one attached hydrogen (secondary N) is 2. The summed E-state index contributed by atoms with van der Waals surface area (Å²) in [6.45, 7) is 9.80. The first-order valence-electron chi connectivity index (χ1n) is 11.0. The molecular formula is C24H34N4O3. The van der Waals surface area contributed by atoms with Gasteiger partial charge in [0.15, 0.2) is 5.96 Å². The van der Waals surface area contributed by atoms with Crippen molar-refractivity contribution >= 4 is 17.6 Å². The van der Waals surface area contributed by atoms with Crippen molar-refractivity contribution in [2.45, 2.75) is 59.1 Å². The Labute approximate surface area is 184 Å². The van der Waals surface area contributed by atoms with Gasteiger partial charge in [-0.15, -0.1) is 0 Å². The normalized spacial score (nSPS) is 16.9. The smallest absolute Gasteiger partial charge is 0.226 e. The lowest BCUT2D eigenvalue weighted by atomic mass is 9.96. The Morgan fingerprint density at radius 2 is 1.97 bits per heavy atom. The van der Waals surface area contributed by atoms with Crippen molar-refractivity contribution in [2.75, 3.05) is 24.5 Å². The van der Waals surface area contributed by atoms with Gasteiger partial charge in [-0.3, -0.25) is 4.79 Å². The molecule has 3 N–H and O–H groups in total. The van der Waals surface area contributed by atoms with Crippen LogP contribution in [0.15, 0.2) is 39.7 Å². The van der Waals surface area contributed by atoms with Crippen molar-refractivity contribution in [1.82, 2.24) is 10.6 Å². The number of benzene rings is 1. The standard InChI is InChI=1S/C24H34N4O3/c1-5-25-23(27-16-24(4,30)21-14-17(2)31-18(21)3)26-15-19-9-11-20(12-10-19)28-13-7-6-8-22(28)29/h9-12,14,30H,5-8,13,15-16H2,1-4H3,(H2,25,26,27). The zero-order chi connectivity index (χ0) is 22.4. The average Bonchev–Trinajstić information content (AvgIpc) is 3.10. The van der Waals surface area contributed by atoms with Crippen molar-refractivity contribution in [3.05, 3.63) is 53.0 Å². The molecular weight excluding hydrogens is 392 g/mol. The Morgan fingerprint density at radius 1 is 1.23 bits per heavy atom. The molecule has 2 heterocycles. The molecule has 1 aromatic carbocycles. The highest BCUT2D eigenvalue weighted by molar-refractivity contribution is 5.93. The molecule has 1 unspecified atom stereocenters. The van der Waals surface area contributed by atoms with Gasteiger partial charge >= 0.3 is 0 Å². The van der Waals surface area contributed by atoms with Crippen molar-refractivity contribution in [3.8, 4) is 0 Å². The number of nitrogens with zero attached hydrogens (tertiary/aromatic N) is 2. The maximum Gasteiger partial charge on any atom is 0.226 e. The van der Waals surface area contributed by atoms with E-state index in [4.69, 9.17) is 4.42 Å². The predicted molar refractivity (Wildman–Crippen MR) is 123 cm³/mol. The molecule has 0 saturated carbocycles. The zero-order valence-corrected chi connectivity index (χ0v) is 19.0. The third-order valence-corrected chi connectivity index (χ3v) is 5.56. The Hall–Kier alpha value is -2.80. The number of anilines is 1. The molecule has 1 amide bonds. The second-order valence-corrected chi connectivity index (χ2v) is 8.32. The van der Waals surface area contributed by atoms with Crippen molar-refractivity contribution in [2.24, 2.45) is 4.99 Å². The summed E-state index contributed by atoms with van der Waals surface area (Å²) in [6, 6.07) is 9.87. The maximum absolute atomic E-state index is 12.1. The highest BCUT2D eigenvalue weighted by Gasteiger charge is 2.28. The first-order chi connectivity index (χ1) is 14.8. The Kier molecular flexibility index (Phi) is 7.38. The van der Waals surface area contributed by atoms with Gasteiger partial charge in [-0.2, -0.15) is 0 Å². The summed E-state index contributed by atoms with van der Waals surface area (Å²) in [4.78, 5) is 18.6. The molecule has 1 fully saturated rings. The number of amides is 1. The van der Waals surface area contributed by atoms with Crippen LogP contribution in [0.4, 0.5) is 5.69 Å². The topological polar surface area (TPSA) is 90.1 Å². The summed E-state index contributed by atoms with van der Waals surface area (Å²) in [5, 5.41) is 17.4. The van der Waals surface area contributed by atoms with Crippen LogP contribution in [0, 0.1) is 13.8 Å². The van der Waals surface area contributed by atoms with Gasteiger partial charge in [-0.25, -0.2) is 4.99 Å². The van der Waals surface area contributed by atoms with Crippen molar-refractivity contribution in [1.29, 1.82) is 0 Å². The van der Waals surface area contributed by atoms with Crippen molar-refractivity contribution < 1.29 is 14.3 Å². The van der Waals surface area contributed by atoms with Crippen LogP contribution < -0.4 is 15.5 Å². The van der Waals surface area contributed by atoms with E-state index in [0.29, 0.717) is 32.0 Å². The van der Waals surface area contributed by atoms with E-state index in [1.165, 1.54) is 0 Å². The molecule has 0 bridgehead atoms. The fourth-order valence-corrected chi connectivity index (χ4v) is 3.89. The number of carbonyl (C=O) groups excluding carboxylic acids is 1. The number of aliphatic hydroxyl groups is 1. The van der Waals surface area contributed by atoms with Gasteiger partial charge in [0.1, 0.15) is 17.1 Å². The zero-order valence-electron chi connectivity index (χ0n) is 19.0. The quantitative estimate of drug-likeness (QED) is 0.466. The lowest BCUT2D eigenvalue weighted by Crippen LogP contribution is -2.44. The molecule has 168 valence electrons. The number of guanidine groups is 1. The number of hydrogen-bond donors (Lipinski definition) is 3. The van der Waals surface area contributed by atoms with Gasteiger partial charge in [0, 0.05) is 30.8 Å². The second kappa shape index (κ2) is 10.0. The number of carbonyl (C=O) groups is 1. The minimum Gasteiger partial charge on any atom is -0.466 e. The van der Waals surface area contributed by atoms with E-state index < -0.39 is 5.60 Å². The first-order valence-corrected chi connectivity index (χ1v) is 11.0. The predicted octanol–water partition coefficient (Wildman–Crippen LogP) is 3.38. The number of furan rings is 1. The number of rotatable bonds is 7. The van der Waals surface area contributed by atoms with Crippen LogP contribution in [0.25, 0.3) is 0 Å². The van der Waals surface area contributed by atoms with Gasteiger partial charge < -0.3 is 25.1 Å². The summed E-state index contributed by atoms with van der Waals surface area (Å²) < 4.78 is 5.56. The van der Waals surface area contributed by atoms with E-state index in [0.717, 1.165) is 47.7 Å². The lowest BCUT2D eigenvalue weighted by molar-refractivity contribution is -0.119. The van der Waals surface area contributed by atoms with Gasteiger partial charge in [0.25, 0.3) is 0 Å². The van der Waals surface area contributed by atoms with Crippen LogP contribution in [0.3, 0.4) is 0 Å². The number of aliphatic imine (C=N–C) groups is 1. The van der Waals surface area contributed by atoms with Crippen LogP contribution >= 0.6 is 0 Å². The third-order valence-electron chi connectivity index (χ3n) is 5.56. The molecule has 3 rings (SSSR count). The summed E-state index contributed by atoms with van der Waals surface area (Å²) in [7, 11) is 0. The Morgan fingerprint density at radius 3 is 2.58 bits per heavy atom. The first kappa shape index (κ1) is 22.9. The van der Waals surface area contributed by atoms with Crippen LogP contribution in [0.1, 0.15) is 55.8 Å². The molecule has 31 heavy (non-hydrogen) atoms. The molecule has 1 aliphatic rings. The minimum atomic E-state index is -1.08. The molecule has 1 aliphatic heterocycles. The lowest BCUT2D eigenvalue weighted by Gasteiger charge is -2.26. The van der Waals surface area contributed by atoms with Gasteiger partial charge in [-0.1, -0.05) is 12.1 Å². The van der Waals surface area contributed by atoms with Crippen molar-refractivity contribution in [3.63, 3.8) is 0 Å². The minimum absolute atomic E-state index is 0.200. The van der Waals surface area contributed by atoms with E-state index in [2.05, 4.69) is 15.6 Å². The molecule has 1 saturated heterocycles. The fourth-order valence-electron chi connectivity index (χ4n) is 3.89. The molecule has 1 atom stereocenters. The molecule has 2 aromatic rings. The van der Waals surface area contributed by atoms with Crippen LogP contribution in [0.5, 0.6) is 0 Å². The molecule has 0 spiro atoms. The summed E-state index contributed by atoms with van der Waals surface area (Å²) >= 11 is 0. The highest BCUT2D eigenvalue weighted by atomic mass is 16.3. The monoisotopic (exact) mass is 426 g/mol. The fraction of sp³-hybridized carbons (Fsp3) is 0.500. The van der Waals surface area contributed by atoms with Gasteiger partial charge in [0.2, 0.25) is 5.91 Å². The van der Waals surface area contributed by atoms with Gasteiger partial charge in [-0.05, 0) is 64.3 Å². The van der Waals surface area contributed by atoms with E-state index in [1.54, 1.807) is 6.92 Å².